The van der Waals surface area contributed by atoms with E-state index in [1.807, 2.05) is 25.4 Å². The quantitative estimate of drug-likeness (QED) is 0.642. The molecule has 1 aromatic heterocycles. The molecule has 4 nitrogen and oxygen atoms in total. The Kier molecular flexibility index (Phi) is 2.65. The van der Waals surface area contributed by atoms with Gasteiger partial charge in [0.2, 0.25) is 0 Å². The Morgan fingerprint density at radius 1 is 1.71 bits per heavy atom. The van der Waals surface area contributed by atoms with E-state index in [0.717, 1.165) is 18.7 Å². The highest BCUT2D eigenvalue weighted by Crippen LogP contribution is 2.08. The van der Waals surface area contributed by atoms with Crippen molar-refractivity contribution in [3.8, 4) is 0 Å². The number of aliphatic hydroxyl groups excluding tert-OH is 1. The first kappa shape index (κ1) is 9.43. The number of nitrogens with zero attached hydrogens (tertiary/aromatic N) is 2. The zero-order valence-electron chi connectivity index (χ0n) is 8.27. The van der Waals surface area contributed by atoms with Crippen LogP contribution >= 0.6 is 0 Å². The summed E-state index contributed by atoms with van der Waals surface area (Å²) in [6, 6.07) is 2.00. The van der Waals surface area contributed by atoms with Crippen LogP contribution in [0.4, 0.5) is 0 Å². The van der Waals surface area contributed by atoms with Gasteiger partial charge in [0, 0.05) is 32.8 Å². The third-order valence-electron chi connectivity index (χ3n) is 2.31. The second-order valence-electron chi connectivity index (χ2n) is 3.68. The summed E-state index contributed by atoms with van der Waals surface area (Å²) in [6.45, 7) is 1.51. The van der Waals surface area contributed by atoms with Gasteiger partial charge in [-0.3, -0.25) is 4.68 Å². The van der Waals surface area contributed by atoms with Gasteiger partial charge in [0.15, 0.2) is 0 Å². The van der Waals surface area contributed by atoms with Gasteiger partial charge in [0.1, 0.15) is 0 Å². The van der Waals surface area contributed by atoms with Crippen LogP contribution in [0.5, 0.6) is 0 Å². The van der Waals surface area contributed by atoms with Crippen molar-refractivity contribution in [3.05, 3.63) is 29.6 Å². The molecule has 1 aliphatic heterocycles. The molecular formula is C10H15N3O. The lowest BCUT2D eigenvalue weighted by molar-refractivity contribution is 0.212. The van der Waals surface area contributed by atoms with Gasteiger partial charge in [-0.2, -0.15) is 5.10 Å². The minimum atomic E-state index is -0.345. The molecule has 1 unspecified atom stereocenters. The molecule has 2 rings (SSSR count). The van der Waals surface area contributed by atoms with Gasteiger partial charge in [-0.1, -0.05) is 11.6 Å². The second-order valence-corrected chi connectivity index (χ2v) is 3.68. The molecular weight excluding hydrogens is 178 g/mol. The predicted molar refractivity (Wildman–Crippen MR) is 53.9 cm³/mol. The number of nitrogens with one attached hydrogen (secondary N) is 1. The van der Waals surface area contributed by atoms with Gasteiger partial charge in [-0.15, -0.1) is 0 Å². The smallest absolute Gasteiger partial charge is 0.0848 e. The van der Waals surface area contributed by atoms with Crippen molar-refractivity contribution >= 4 is 0 Å². The lowest BCUT2D eigenvalue weighted by atomic mass is 10.1. The van der Waals surface area contributed by atoms with E-state index < -0.39 is 0 Å². The highest BCUT2D eigenvalue weighted by Gasteiger charge is 2.11. The molecule has 2 heterocycles. The highest BCUT2D eigenvalue weighted by atomic mass is 16.3. The summed E-state index contributed by atoms with van der Waals surface area (Å²) in [7, 11) is 1.91. The van der Waals surface area contributed by atoms with Crippen LogP contribution in [0.15, 0.2) is 23.9 Å². The molecule has 14 heavy (non-hydrogen) atoms. The Hall–Kier alpha value is -1.13. The largest absolute Gasteiger partial charge is 0.388 e. The van der Waals surface area contributed by atoms with Gasteiger partial charge < -0.3 is 10.4 Å². The molecule has 0 spiro atoms. The zero-order chi connectivity index (χ0) is 9.97. The van der Waals surface area contributed by atoms with Crippen molar-refractivity contribution in [1.82, 2.24) is 15.1 Å². The molecule has 1 aliphatic rings. The van der Waals surface area contributed by atoms with Crippen LogP contribution in [0.3, 0.4) is 0 Å². The Morgan fingerprint density at radius 3 is 3.21 bits per heavy atom. The topological polar surface area (TPSA) is 50.1 Å². The zero-order valence-corrected chi connectivity index (χ0v) is 8.27. The van der Waals surface area contributed by atoms with Gasteiger partial charge in [0.25, 0.3) is 0 Å². The molecule has 0 radical (unpaired) electrons. The fraction of sp³-hybridized carbons (Fsp3) is 0.500. The minimum Gasteiger partial charge on any atom is -0.388 e. The van der Waals surface area contributed by atoms with E-state index in [4.69, 9.17) is 0 Å². The Labute approximate surface area is 83.2 Å². The van der Waals surface area contributed by atoms with E-state index in [1.54, 1.807) is 4.68 Å². The number of aromatic nitrogens is 2. The van der Waals surface area contributed by atoms with Crippen LogP contribution in [-0.4, -0.2) is 34.1 Å². The number of β-amino-alcohol motifs (C(OH)–C–C–N with tert-alkyl or cyclic N) is 1. The number of hydrogen-bond donors (Lipinski definition) is 2. The third kappa shape index (κ3) is 2.21. The molecule has 0 fully saturated rings. The number of hydrogen-bond acceptors (Lipinski definition) is 3. The Morgan fingerprint density at radius 2 is 2.57 bits per heavy atom. The van der Waals surface area contributed by atoms with Crippen LogP contribution in [0.1, 0.15) is 5.69 Å². The minimum absolute atomic E-state index is 0.345. The van der Waals surface area contributed by atoms with E-state index in [9.17, 15) is 5.11 Å². The highest BCUT2D eigenvalue weighted by molar-refractivity contribution is 5.18. The fourth-order valence-corrected chi connectivity index (χ4v) is 1.68. The standard InChI is InChI=1S/C10H15N3O/c1-13-3-2-9(12-13)4-8-5-10(14)7-11-6-8/h2-3,5,10-11,14H,4,6-7H2,1H3. The molecule has 0 aliphatic carbocycles. The molecule has 0 saturated heterocycles. The van der Waals surface area contributed by atoms with Crippen molar-refractivity contribution in [2.45, 2.75) is 12.5 Å². The maximum Gasteiger partial charge on any atom is 0.0848 e. The molecule has 76 valence electrons. The van der Waals surface area contributed by atoms with Crippen molar-refractivity contribution in [1.29, 1.82) is 0 Å². The molecule has 0 saturated carbocycles. The second kappa shape index (κ2) is 3.94. The molecule has 1 aromatic rings. The SMILES string of the molecule is Cn1ccc(CC2=CC(O)CNC2)n1. The first-order valence-corrected chi connectivity index (χ1v) is 4.81. The van der Waals surface area contributed by atoms with E-state index in [1.165, 1.54) is 5.57 Å². The maximum absolute atomic E-state index is 9.40. The van der Waals surface area contributed by atoms with E-state index in [0.29, 0.717) is 6.54 Å². The first-order chi connectivity index (χ1) is 6.74. The summed E-state index contributed by atoms with van der Waals surface area (Å²) in [6.07, 6.45) is 4.33. The lowest BCUT2D eigenvalue weighted by Gasteiger charge is -2.17. The fourth-order valence-electron chi connectivity index (χ4n) is 1.68. The maximum atomic E-state index is 9.40. The van der Waals surface area contributed by atoms with Crippen LogP contribution < -0.4 is 5.32 Å². The Bertz CT molecular complexity index is 343. The molecule has 0 aromatic carbocycles. The molecule has 1 atom stereocenters. The van der Waals surface area contributed by atoms with E-state index >= 15 is 0 Å². The van der Waals surface area contributed by atoms with Gasteiger partial charge in [-0.25, -0.2) is 0 Å². The average Bonchev–Trinajstić information content (AvgIpc) is 2.51. The van der Waals surface area contributed by atoms with Crippen molar-refractivity contribution < 1.29 is 5.11 Å². The first-order valence-electron chi connectivity index (χ1n) is 4.81. The molecule has 0 bridgehead atoms. The molecule has 0 amide bonds. The molecule has 4 heteroatoms. The van der Waals surface area contributed by atoms with E-state index in [2.05, 4.69) is 10.4 Å². The average molecular weight is 193 g/mol. The Balaban J connectivity index is 2.03. The van der Waals surface area contributed by atoms with Crippen LogP contribution in [0.25, 0.3) is 0 Å². The monoisotopic (exact) mass is 193 g/mol. The van der Waals surface area contributed by atoms with E-state index in [-0.39, 0.29) is 6.10 Å². The summed E-state index contributed by atoms with van der Waals surface area (Å²) in [4.78, 5) is 0. The molecule has 2 N–H and O–H groups in total. The van der Waals surface area contributed by atoms with Crippen LogP contribution in [0, 0.1) is 0 Å². The van der Waals surface area contributed by atoms with Gasteiger partial charge in [0.05, 0.1) is 11.8 Å². The summed E-state index contributed by atoms with van der Waals surface area (Å²) in [5.74, 6) is 0. The normalized spacial score (nSPS) is 22.1. The summed E-state index contributed by atoms with van der Waals surface area (Å²) < 4.78 is 1.79. The summed E-state index contributed by atoms with van der Waals surface area (Å²) >= 11 is 0. The van der Waals surface area contributed by atoms with Crippen molar-refractivity contribution in [3.63, 3.8) is 0 Å². The lowest BCUT2D eigenvalue weighted by Crippen LogP contribution is -2.32. The van der Waals surface area contributed by atoms with Crippen molar-refractivity contribution in [2.75, 3.05) is 13.1 Å². The van der Waals surface area contributed by atoms with Crippen LogP contribution in [0.2, 0.25) is 0 Å². The summed E-state index contributed by atoms with van der Waals surface area (Å²) in [5.41, 5.74) is 2.26. The number of aliphatic hydroxyl groups is 1. The van der Waals surface area contributed by atoms with Crippen molar-refractivity contribution in [2.24, 2.45) is 7.05 Å². The van der Waals surface area contributed by atoms with Crippen LogP contribution in [-0.2, 0) is 13.5 Å². The number of aryl methyl sites for hydroxylation is 1. The van der Waals surface area contributed by atoms with Gasteiger partial charge in [-0.05, 0) is 6.07 Å². The number of rotatable bonds is 2. The predicted octanol–water partition coefficient (Wildman–Crippen LogP) is -0.147. The third-order valence-corrected chi connectivity index (χ3v) is 2.31. The van der Waals surface area contributed by atoms with Gasteiger partial charge >= 0.3 is 0 Å². The summed E-state index contributed by atoms with van der Waals surface area (Å²) in [5, 5.41) is 16.9.